The number of nitrogens with one attached hydrogen (secondary N) is 1. The van der Waals surface area contributed by atoms with Gasteiger partial charge in [0.15, 0.2) is 15.0 Å². The largest absolute Gasteiger partial charge is 0.435 e. The second-order valence-corrected chi connectivity index (χ2v) is 12.7. The number of aromatic nitrogens is 1. The summed E-state index contributed by atoms with van der Waals surface area (Å²) < 4.78 is 68.0. The van der Waals surface area contributed by atoms with Crippen LogP contribution in [0, 0.1) is 11.7 Å². The van der Waals surface area contributed by atoms with Crippen LogP contribution in [0.4, 0.5) is 18.3 Å². The van der Waals surface area contributed by atoms with Gasteiger partial charge in [-0.25, -0.2) is 17.8 Å². The van der Waals surface area contributed by atoms with Crippen molar-refractivity contribution in [3.8, 4) is 5.75 Å². The maximum atomic E-state index is 14.5. The van der Waals surface area contributed by atoms with Crippen LogP contribution in [0.5, 0.6) is 5.75 Å². The van der Waals surface area contributed by atoms with E-state index in [2.05, 4.69) is 15.0 Å². The van der Waals surface area contributed by atoms with Gasteiger partial charge in [-0.15, -0.1) is 11.3 Å². The summed E-state index contributed by atoms with van der Waals surface area (Å²) in [6.07, 6.45) is 0.0622. The van der Waals surface area contributed by atoms with Gasteiger partial charge in [0.2, 0.25) is 5.91 Å². The summed E-state index contributed by atoms with van der Waals surface area (Å²) >= 11 is 1.34. The first kappa shape index (κ1) is 28.1. The van der Waals surface area contributed by atoms with Crippen LogP contribution in [0.2, 0.25) is 0 Å². The van der Waals surface area contributed by atoms with Gasteiger partial charge in [0.1, 0.15) is 11.6 Å². The monoisotopic (exact) mass is 567 g/mol. The number of fused-ring (bicyclic) bond motifs is 1. The third-order valence-electron chi connectivity index (χ3n) is 6.27. The average Bonchev–Trinajstić information content (AvgIpc) is 3.37. The second-order valence-electron chi connectivity index (χ2n) is 9.33. The lowest BCUT2D eigenvalue weighted by Crippen LogP contribution is -2.26. The van der Waals surface area contributed by atoms with Gasteiger partial charge in [-0.05, 0) is 41.8 Å². The molecule has 2 aromatic carbocycles. The number of hydrogen-bond donors (Lipinski definition) is 1. The van der Waals surface area contributed by atoms with Gasteiger partial charge in [0.05, 0.1) is 28.8 Å². The second kappa shape index (κ2) is 11.4. The van der Waals surface area contributed by atoms with E-state index >= 15 is 0 Å². The smallest absolute Gasteiger partial charge is 0.387 e. The summed E-state index contributed by atoms with van der Waals surface area (Å²) in [6.45, 7) is 3.26. The van der Waals surface area contributed by atoms with Gasteiger partial charge in [0.25, 0.3) is 0 Å². The predicted octanol–water partition coefficient (Wildman–Crippen LogP) is 5.57. The van der Waals surface area contributed by atoms with Crippen LogP contribution >= 0.6 is 11.3 Å². The predicted molar refractivity (Wildman–Crippen MR) is 138 cm³/mol. The molecule has 12 heteroatoms. The lowest BCUT2D eigenvalue weighted by molar-refractivity contribution is -0.115. The molecule has 7 nitrogen and oxygen atoms in total. The minimum Gasteiger partial charge on any atom is -0.435 e. The van der Waals surface area contributed by atoms with Crippen molar-refractivity contribution in [1.82, 2.24) is 9.88 Å². The third kappa shape index (κ3) is 6.36. The first-order valence-corrected chi connectivity index (χ1v) is 14.5. The zero-order valence-corrected chi connectivity index (χ0v) is 22.7. The lowest BCUT2D eigenvalue weighted by atomic mass is 10.0. The molecule has 0 saturated heterocycles. The van der Waals surface area contributed by atoms with Crippen LogP contribution in [0.1, 0.15) is 48.5 Å². The summed E-state index contributed by atoms with van der Waals surface area (Å²) in [5, 5.41) is 3.27. The number of halogens is 3. The molecule has 1 amide bonds. The van der Waals surface area contributed by atoms with E-state index in [4.69, 9.17) is 0 Å². The minimum absolute atomic E-state index is 0.00476. The van der Waals surface area contributed by atoms with Crippen molar-refractivity contribution < 1.29 is 31.1 Å². The zero-order valence-electron chi connectivity index (χ0n) is 21.1. The van der Waals surface area contributed by atoms with Crippen molar-refractivity contribution in [2.45, 2.75) is 57.8 Å². The molecule has 0 spiro atoms. The molecule has 1 N–H and O–H groups in total. The Labute approximate surface area is 223 Å². The van der Waals surface area contributed by atoms with Crippen molar-refractivity contribution >= 4 is 32.2 Å². The Morgan fingerprint density at radius 2 is 1.92 bits per heavy atom. The highest BCUT2D eigenvalue weighted by Crippen LogP contribution is 2.43. The highest BCUT2D eigenvalue weighted by atomic mass is 32.2. The molecule has 0 saturated carbocycles. The number of rotatable bonds is 10. The maximum absolute atomic E-state index is 14.5. The molecule has 0 aliphatic carbocycles. The molecular formula is C26H28F3N3O4S2. The van der Waals surface area contributed by atoms with E-state index in [1.807, 2.05) is 18.7 Å². The van der Waals surface area contributed by atoms with E-state index < -0.39 is 22.3 Å². The Morgan fingerprint density at radius 1 is 1.21 bits per heavy atom. The maximum Gasteiger partial charge on any atom is 0.387 e. The van der Waals surface area contributed by atoms with Crippen molar-refractivity contribution in [2.75, 3.05) is 11.1 Å². The van der Waals surface area contributed by atoms with E-state index in [1.54, 1.807) is 19.1 Å². The molecular weight excluding hydrogens is 539 g/mol. The first-order chi connectivity index (χ1) is 18.0. The number of sulfone groups is 1. The molecule has 1 aliphatic rings. The summed E-state index contributed by atoms with van der Waals surface area (Å²) in [4.78, 5) is 20.5. The fraction of sp³-hybridized carbons (Fsp3) is 0.385. The van der Waals surface area contributed by atoms with Gasteiger partial charge in [-0.3, -0.25) is 9.69 Å². The van der Waals surface area contributed by atoms with Crippen LogP contribution in [0.3, 0.4) is 0 Å². The number of carbonyl (C=O) groups excluding carboxylic acids is 1. The molecule has 4 rings (SSSR count). The number of alkyl halides is 2. The molecule has 204 valence electrons. The van der Waals surface area contributed by atoms with Gasteiger partial charge in [0, 0.05) is 23.5 Å². The quantitative estimate of drug-likeness (QED) is 0.345. The van der Waals surface area contributed by atoms with Gasteiger partial charge < -0.3 is 10.1 Å². The molecule has 0 unspecified atom stereocenters. The van der Waals surface area contributed by atoms with Gasteiger partial charge in [-0.1, -0.05) is 32.9 Å². The SMILES string of the molecule is CCS(=O)(=O)c1ccc(CC(=O)Nc2nc3c(s2)CN(Cc2cc(OC(F)F)ccc2F)[C@@H]3C(C)C)cc1. The fourth-order valence-electron chi connectivity index (χ4n) is 4.51. The molecule has 1 aromatic heterocycles. The molecule has 0 bridgehead atoms. The standard InChI is InChI=1S/C26H28F3N3O4S2/c1-4-38(34,35)19-8-5-16(6-9-19)11-22(33)30-26-31-23-21(37-26)14-32(24(23)15(2)3)13-17-12-18(36-25(28)29)7-10-20(17)27/h5-10,12,15,24-25H,4,11,13-14H2,1-3H3,(H,30,31,33)/t24-/m1/s1. The number of carbonyl (C=O) groups is 1. The lowest BCUT2D eigenvalue weighted by Gasteiger charge is -2.28. The number of benzene rings is 2. The number of thiazole rings is 1. The summed E-state index contributed by atoms with van der Waals surface area (Å²) in [5.41, 5.74) is 1.72. The molecule has 2 heterocycles. The Balaban J connectivity index is 1.43. The first-order valence-electron chi connectivity index (χ1n) is 12.0. The molecule has 38 heavy (non-hydrogen) atoms. The van der Waals surface area contributed by atoms with E-state index in [0.717, 1.165) is 16.6 Å². The Morgan fingerprint density at radius 3 is 2.55 bits per heavy atom. The highest BCUT2D eigenvalue weighted by Gasteiger charge is 2.36. The molecule has 1 aliphatic heterocycles. The Hall–Kier alpha value is -2.96. The van der Waals surface area contributed by atoms with Crippen LogP contribution in [0.25, 0.3) is 0 Å². The van der Waals surface area contributed by atoms with Crippen LogP contribution in [-0.4, -0.2) is 36.6 Å². The van der Waals surface area contributed by atoms with Crippen molar-refractivity contribution in [1.29, 1.82) is 0 Å². The molecule has 0 radical (unpaired) electrons. The highest BCUT2D eigenvalue weighted by molar-refractivity contribution is 7.91. The minimum atomic E-state index is -3.31. The van der Waals surface area contributed by atoms with Crippen molar-refractivity contribution in [3.63, 3.8) is 0 Å². The van der Waals surface area contributed by atoms with E-state index in [0.29, 0.717) is 17.2 Å². The Bertz CT molecular complexity index is 1410. The van der Waals surface area contributed by atoms with E-state index in [1.165, 1.54) is 35.6 Å². The Kier molecular flexibility index (Phi) is 8.43. The zero-order chi connectivity index (χ0) is 27.6. The van der Waals surface area contributed by atoms with E-state index in [-0.39, 0.29) is 52.8 Å². The number of nitrogens with zero attached hydrogens (tertiary/aromatic N) is 2. The van der Waals surface area contributed by atoms with Crippen LogP contribution < -0.4 is 10.1 Å². The van der Waals surface area contributed by atoms with E-state index in [9.17, 15) is 26.4 Å². The molecule has 1 atom stereocenters. The topological polar surface area (TPSA) is 88.6 Å². The van der Waals surface area contributed by atoms with Crippen LogP contribution in [0.15, 0.2) is 47.4 Å². The number of hydrogen-bond acceptors (Lipinski definition) is 7. The van der Waals surface area contributed by atoms with Gasteiger partial charge >= 0.3 is 6.61 Å². The third-order valence-corrected chi connectivity index (χ3v) is 8.99. The summed E-state index contributed by atoms with van der Waals surface area (Å²) in [5.74, 6) is -0.769. The number of anilines is 1. The fourth-order valence-corrected chi connectivity index (χ4v) is 6.43. The number of amides is 1. The van der Waals surface area contributed by atoms with Crippen molar-refractivity contribution in [2.24, 2.45) is 5.92 Å². The number of ether oxygens (including phenoxy) is 1. The van der Waals surface area contributed by atoms with Crippen LogP contribution in [-0.2, 0) is 34.1 Å². The molecule has 0 fully saturated rings. The molecule has 3 aromatic rings. The average molecular weight is 568 g/mol. The summed E-state index contributed by atoms with van der Waals surface area (Å²) in [7, 11) is -3.31. The van der Waals surface area contributed by atoms with Gasteiger partial charge in [-0.2, -0.15) is 8.78 Å². The van der Waals surface area contributed by atoms with Crippen molar-refractivity contribution in [3.05, 3.63) is 70.0 Å². The normalized spacial score (nSPS) is 15.7. The summed E-state index contributed by atoms with van der Waals surface area (Å²) in [6, 6.07) is 9.66.